The number of nitrogens with zero attached hydrogens (tertiary/aromatic N) is 1. The van der Waals surface area contributed by atoms with Crippen molar-refractivity contribution in [1.82, 2.24) is 15.3 Å². The number of aliphatic hydroxyl groups excluding tert-OH is 2. The van der Waals surface area contributed by atoms with E-state index in [0.717, 1.165) is 29.9 Å². The molecule has 0 unspecified atom stereocenters. The second-order valence-electron chi connectivity index (χ2n) is 7.21. The standard InChI is InChI=1S/C23H29N3O2S/c1-3-22-25-14-21(26-22)18-6-10-20(11-7-18)29-19-8-4-17(5-9-19)12-13-23(15-27,16-28)24-2/h4-11,14,24,27-28H,3,12-13,15-16H2,1-2H3,(H,25,26). The maximum absolute atomic E-state index is 9.54. The van der Waals surface area contributed by atoms with Crippen LogP contribution in [0.3, 0.4) is 0 Å². The Morgan fingerprint density at radius 1 is 1.00 bits per heavy atom. The van der Waals surface area contributed by atoms with Gasteiger partial charge < -0.3 is 20.5 Å². The predicted octanol–water partition coefficient (Wildman–Crippen LogP) is 3.67. The molecule has 29 heavy (non-hydrogen) atoms. The fourth-order valence-electron chi connectivity index (χ4n) is 3.13. The van der Waals surface area contributed by atoms with Crippen molar-refractivity contribution in [3.63, 3.8) is 0 Å². The van der Waals surface area contributed by atoms with Crippen molar-refractivity contribution in [3.05, 3.63) is 66.1 Å². The van der Waals surface area contributed by atoms with Gasteiger partial charge in [0.05, 0.1) is 30.6 Å². The van der Waals surface area contributed by atoms with Crippen LogP contribution in [0.25, 0.3) is 11.3 Å². The lowest BCUT2D eigenvalue weighted by atomic mass is 9.93. The van der Waals surface area contributed by atoms with Gasteiger partial charge in [-0.05, 0) is 55.3 Å². The summed E-state index contributed by atoms with van der Waals surface area (Å²) in [5, 5.41) is 22.1. The molecule has 3 aromatic rings. The average Bonchev–Trinajstić information content (AvgIpc) is 3.26. The first-order valence-electron chi connectivity index (χ1n) is 9.93. The van der Waals surface area contributed by atoms with E-state index in [-0.39, 0.29) is 13.2 Å². The van der Waals surface area contributed by atoms with Crippen LogP contribution in [0.15, 0.2) is 64.5 Å². The van der Waals surface area contributed by atoms with Gasteiger partial charge in [0.2, 0.25) is 0 Å². The van der Waals surface area contributed by atoms with Gasteiger partial charge in [0.25, 0.3) is 0 Å². The fraction of sp³-hybridized carbons (Fsp3) is 0.348. The number of aromatic amines is 1. The number of H-pyrrole nitrogens is 1. The van der Waals surface area contributed by atoms with Crippen LogP contribution in [0.4, 0.5) is 0 Å². The van der Waals surface area contributed by atoms with Crippen molar-refractivity contribution in [1.29, 1.82) is 0 Å². The molecule has 0 fully saturated rings. The molecule has 5 nitrogen and oxygen atoms in total. The van der Waals surface area contributed by atoms with Gasteiger partial charge in [0.1, 0.15) is 5.82 Å². The molecule has 0 saturated heterocycles. The molecule has 0 aliphatic rings. The highest BCUT2D eigenvalue weighted by molar-refractivity contribution is 7.99. The first-order valence-corrected chi connectivity index (χ1v) is 10.7. The van der Waals surface area contributed by atoms with E-state index in [4.69, 9.17) is 0 Å². The summed E-state index contributed by atoms with van der Waals surface area (Å²) in [5.41, 5.74) is 2.75. The van der Waals surface area contributed by atoms with Crippen molar-refractivity contribution < 1.29 is 10.2 Å². The van der Waals surface area contributed by atoms with Crippen molar-refractivity contribution in [3.8, 4) is 11.3 Å². The third kappa shape index (κ3) is 5.48. The monoisotopic (exact) mass is 411 g/mol. The molecule has 1 aromatic heterocycles. The predicted molar refractivity (Wildman–Crippen MR) is 118 cm³/mol. The number of aliphatic hydroxyl groups is 2. The lowest BCUT2D eigenvalue weighted by molar-refractivity contribution is 0.0906. The number of rotatable bonds is 10. The van der Waals surface area contributed by atoms with Gasteiger partial charge in [0.15, 0.2) is 0 Å². The highest BCUT2D eigenvalue weighted by Crippen LogP contribution is 2.30. The highest BCUT2D eigenvalue weighted by Gasteiger charge is 2.25. The van der Waals surface area contributed by atoms with E-state index in [0.29, 0.717) is 6.42 Å². The minimum Gasteiger partial charge on any atom is -0.394 e. The maximum atomic E-state index is 9.54. The molecule has 2 aromatic carbocycles. The average molecular weight is 412 g/mol. The number of aromatic nitrogens is 2. The van der Waals surface area contributed by atoms with Crippen molar-refractivity contribution >= 4 is 11.8 Å². The van der Waals surface area contributed by atoms with Gasteiger partial charge in [-0.3, -0.25) is 0 Å². The Morgan fingerprint density at radius 2 is 1.62 bits per heavy atom. The Bertz CT molecular complexity index is 879. The van der Waals surface area contributed by atoms with E-state index in [1.54, 1.807) is 18.8 Å². The van der Waals surface area contributed by atoms with Crippen LogP contribution in [0.2, 0.25) is 0 Å². The summed E-state index contributed by atoms with van der Waals surface area (Å²) < 4.78 is 0. The molecule has 6 heteroatoms. The van der Waals surface area contributed by atoms with Crippen LogP contribution < -0.4 is 5.32 Å². The van der Waals surface area contributed by atoms with Crippen molar-refractivity contribution in [2.45, 2.75) is 41.5 Å². The molecule has 0 saturated carbocycles. The molecule has 4 N–H and O–H groups in total. The fourth-order valence-corrected chi connectivity index (χ4v) is 3.94. The number of imidazole rings is 1. The summed E-state index contributed by atoms with van der Waals surface area (Å²) in [6, 6.07) is 17.0. The van der Waals surface area contributed by atoms with Gasteiger partial charge in [-0.15, -0.1) is 0 Å². The van der Waals surface area contributed by atoms with Crippen LogP contribution in [0, 0.1) is 0 Å². The van der Waals surface area contributed by atoms with Gasteiger partial charge in [-0.25, -0.2) is 4.98 Å². The third-order valence-corrected chi connectivity index (χ3v) is 6.33. The lowest BCUT2D eigenvalue weighted by Crippen LogP contribution is -2.50. The first kappa shape index (κ1) is 21.6. The minimum absolute atomic E-state index is 0.0811. The summed E-state index contributed by atoms with van der Waals surface area (Å²) >= 11 is 1.73. The quantitative estimate of drug-likeness (QED) is 0.409. The Kier molecular flexibility index (Phi) is 7.50. The topological polar surface area (TPSA) is 81.2 Å². The number of nitrogens with one attached hydrogen (secondary N) is 2. The molecule has 1 heterocycles. The zero-order chi connectivity index (χ0) is 20.7. The zero-order valence-electron chi connectivity index (χ0n) is 17.0. The molecule has 0 aliphatic heterocycles. The number of benzene rings is 2. The SMILES string of the molecule is CCc1ncc(-c2ccc(Sc3ccc(CCC(CO)(CO)NC)cc3)cc2)[nH]1. The summed E-state index contributed by atoms with van der Waals surface area (Å²) in [4.78, 5) is 10.1. The first-order chi connectivity index (χ1) is 14.1. The zero-order valence-corrected chi connectivity index (χ0v) is 17.8. The normalized spacial score (nSPS) is 11.7. The largest absolute Gasteiger partial charge is 0.394 e. The van der Waals surface area contributed by atoms with Crippen LogP contribution in [0.5, 0.6) is 0 Å². The van der Waals surface area contributed by atoms with Gasteiger partial charge in [-0.1, -0.05) is 43.0 Å². The smallest absolute Gasteiger partial charge is 0.106 e. The van der Waals surface area contributed by atoms with Crippen LogP contribution >= 0.6 is 11.8 Å². The van der Waals surface area contributed by atoms with E-state index in [2.05, 4.69) is 70.7 Å². The number of hydrogen-bond donors (Lipinski definition) is 4. The van der Waals surface area contributed by atoms with Gasteiger partial charge in [-0.2, -0.15) is 0 Å². The van der Waals surface area contributed by atoms with Crippen LogP contribution in [0.1, 0.15) is 24.7 Å². The summed E-state index contributed by atoms with van der Waals surface area (Å²) in [6.07, 6.45) is 4.26. The Morgan fingerprint density at radius 3 is 2.14 bits per heavy atom. The lowest BCUT2D eigenvalue weighted by Gasteiger charge is -2.29. The van der Waals surface area contributed by atoms with Gasteiger partial charge >= 0.3 is 0 Å². The molecular formula is C23H29N3O2S. The second-order valence-corrected chi connectivity index (χ2v) is 8.36. The molecule has 0 bridgehead atoms. The number of likely N-dealkylation sites (N-methyl/N-ethyl adjacent to an activating group) is 1. The summed E-state index contributed by atoms with van der Waals surface area (Å²) in [7, 11) is 1.77. The van der Waals surface area contributed by atoms with E-state index < -0.39 is 5.54 Å². The molecule has 0 spiro atoms. The molecule has 0 atom stereocenters. The van der Waals surface area contributed by atoms with Crippen molar-refractivity contribution in [2.24, 2.45) is 0 Å². The second kappa shape index (κ2) is 10.1. The van der Waals surface area contributed by atoms with Crippen LogP contribution in [-0.2, 0) is 12.8 Å². The number of hydrogen-bond acceptors (Lipinski definition) is 5. The molecule has 0 amide bonds. The van der Waals surface area contributed by atoms with Crippen LogP contribution in [-0.4, -0.2) is 46.0 Å². The van der Waals surface area contributed by atoms with E-state index >= 15 is 0 Å². The van der Waals surface area contributed by atoms with Gasteiger partial charge in [0, 0.05) is 16.2 Å². The van der Waals surface area contributed by atoms with E-state index in [9.17, 15) is 10.2 Å². The summed E-state index contributed by atoms with van der Waals surface area (Å²) in [5.74, 6) is 1.00. The maximum Gasteiger partial charge on any atom is 0.106 e. The minimum atomic E-state index is -0.623. The van der Waals surface area contributed by atoms with Crippen molar-refractivity contribution in [2.75, 3.05) is 20.3 Å². The number of aryl methyl sites for hydroxylation is 2. The van der Waals surface area contributed by atoms with E-state index in [1.165, 1.54) is 15.4 Å². The Labute approximate surface area is 176 Å². The molecule has 3 rings (SSSR count). The summed E-state index contributed by atoms with van der Waals surface area (Å²) in [6.45, 7) is 1.93. The van der Waals surface area contributed by atoms with E-state index in [1.807, 2.05) is 6.20 Å². The highest BCUT2D eigenvalue weighted by atomic mass is 32.2. The molecule has 0 radical (unpaired) electrons. The third-order valence-electron chi connectivity index (χ3n) is 5.32. The Hall–Kier alpha value is -2.12. The molecule has 154 valence electrons. The Balaban J connectivity index is 1.59. The molecular weight excluding hydrogens is 382 g/mol. The molecule has 0 aliphatic carbocycles.